The minimum Gasteiger partial charge on any atom is -0.491 e. The maximum atomic E-state index is 13.6. The number of benzene rings is 1. The molecule has 1 saturated heterocycles. The summed E-state index contributed by atoms with van der Waals surface area (Å²) in [5, 5.41) is 3.90. The van der Waals surface area contributed by atoms with Gasteiger partial charge in [0.2, 0.25) is 5.91 Å². The zero-order valence-electron chi connectivity index (χ0n) is 19.2. The second kappa shape index (κ2) is 10.9. The van der Waals surface area contributed by atoms with Crippen LogP contribution in [0, 0.1) is 5.82 Å². The molecule has 2 amide bonds. The van der Waals surface area contributed by atoms with E-state index in [4.69, 9.17) is 9.47 Å². The van der Waals surface area contributed by atoms with Gasteiger partial charge in [0.15, 0.2) is 0 Å². The van der Waals surface area contributed by atoms with E-state index in [9.17, 15) is 14.0 Å². The molecule has 2 aliphatic heterocycles. The van der Waals surface area contributed by atoms with Crippen LogP contribution in [0.1, 0.15) is 39.0 Å². The van der Waals surface area contributed by atoms with Gasteiger partial charge in [0, 0.05) is 24.6 Å². The first-order valence-electron chi connectivity index (χ1n) is 11.8. The lowest BCUT2D eigenvalue weighted by Gasteiger charge is -2.37. The molecule has 2 aliphatic rings. The zero-order chi connectivity index (χ0) is 24.2. The van der Waals surface area contributed by atoms with Gasteiger partial charge in [0.25, 0.3) is 5.91 Å². The summed E-state index contributed by atoms with van der Waals surface area (Å²) in [4.78, 5) is 32.2. The number of carbonyl (C=O) groups is 2. The average molecular weight is 515 g/mol. The van der Waals surface area contributed by atoms with Crippen molar-refractivity contribution < 1.29 is 23.5 Å². The quantitative estimate of drug-likeness (QED) is 0.434. The molecule has 0 radical (unpaired) electrons. The summed E-state index contributed by atoms with van der Waals surface area (Å²) in [5.41, 5.74) is 1.08. The van der Waals surface area contributed by atoms with Gasteiger partial charge in [-0.25, -0.2) is 4.39 Å². The summed E-state index contributed by atoms with van der Waals surface area (Å²) < 4.78 is 25.0. The smallest absolute Gasteiger partial charge is 0.264 e. The normalized spacial score (nSPS) is 19.4. The van der Waals surface area contributed by atoms with Crippen LogP contribution in [0.2, 0.25) is 0 Å². The Bertz CT molecular complexity index is 1140. The summed E-state index contributed by atoms with van der Waals surface area (Å²) >= 11 is 3.06. The van der Waals surface area contributed by atoms with Crippen molar-refractivity contribution in [2.45, 2.75) is 31.4 Å². The first-order valence-corrected chi connectivity index (χ1v) is 13.5. The van der Waals surface area contributed by atoms with Crippen molar-refractivity contribution >= 4 is 34.5 Å². The number of rotatable bonds is 8. The highest BCUT2D eigenvalue weighted by Gasteiger charge is 2.34. The molecule has 6 nitrogen and oxygen atoms in total. The van der Waals surface area contributed by atoms with Gasteiger partial charge in [-0.1, -0.05) is 6.07 Å². The maximum absolute atomic E-state index is 13.6. The minimum absolute atomic E-state index is 0.0108. The fraction of sp³-hybridized carbons (Fsp3) is 0.385. The monoisotopic (exact) mass is 514 g/mol. The predicted molar refractivity (Wildman–Crippen MR) is 134 cm³/mol. The molecule has 1 aromatic carbocycles. The first kappa shape index (κ1) is 24.0. The molecule has 0 N–H and O–H groups in total. The Morgan fingerprint density at radius 1 is 1.14 bits per heavy atom. The van der Waals surface area contributed by atoms with Gasteiger partial charge in [-0.2, -0.15) is 0 Å². The van der Waals surface area contributed by atoms with Gasteiger partial charge in [-0.3, -0.25) is 9.59 Å². The lowest BCUT2D eigenvalue weighted by atomic mass is 10.0. The summed E-state index contributed by atoms with van der Waals surface area (Å²) in [7, 11) is 0. The van der Waals surface area contributed by atoms with Gasteiger partial charge in [0.1, 0.15) is 24.7 Å². The van der Waals surface area contributed by atoms with Crippen molar-refractivity contribution in [1.29, 1.82) is 0 Å². The maximum Gasteiger partial charge on any atom is 0.264 e. The third-order valence-corrected chi connectivity index (χ3v) is 8.28. The molecule has 4 heterocycles. The highest BCUT2D eigenvalue weighted by atomic mass is 32.1. The Labute approximate surface area is 211 Å². The Balaban J connectivity index is 1.33. The van der Waals surface area contributed by atoms with Crippen LogP contribution >= 0.6 is 22.7 Å². The Morgan fingerprint density at radius 3 is 2.74 bits per heavy atom. The number of amides is 2. The fourth-order valence-electron chi connectivity index (χ4n) is 4.64. The van der Waals surface area contributed by atoms with Crippen LogP contribution < -0.4 is 4.74 Å². The number of thiophene rings is 2. The highest BCUT2D eigenvalue weighted by molar-refractivity contribution is 7.12. The van der Waals surface area contributed by atoms with Crippen LogP contribution in [0.15, 0.2) is 53.2 Å². The third kappa shape index (κ3) is 5.58. The summed E-state index contributed by atoms with van der Waals surface area (Å²) in [6, 6.07) is 11.3. The molecule has 184 valence electrons. The van der Waals surface area contributed by atoms with E-state index in [-0.39, 0.29) is 42.9 Å². The molecule has 9 heteroatoms. The van der Waals surface area contributed by atoms with Crippen molar-refractivity contribution in [3.8, 4) is 5.75 Å². The van der Waals surface area contributed by atoms with Crippen molar-refractivity contribution in [2.75, 3.05) is 32.8 Å². The number of nitrogens with zero attached hydrogens (tertiary/aromatic N) is 2. The summed E-state index contributed by atoms with van der Waals surface area (Å²) in [6.45, 7) is 1.89. The van der Waals surface area contributed by atoms with E-state index in [2.05, 4.69) is 0 Å². The molecule has 3 aromatic rings. The van der Waals surface area contributed by atoms with Crippen molar-refractivity contribution in [3.05, 3.63) is 74.4 Å². The van der Waals surface area contributed by atoms with E-state index >= 15 is 0 Å². The lowest BCUT2D eigenvalue weighted by molar-refractivity contribution is -0.135. The number of fused-ring (bicyclic) bond motifs is 1. The molecule has 2 atom stereocenters. The van der Waals surface area contributed by atoms with E-state index in [0.29, 0.717) is 30.3 Å². The molecule has 2 unspecified atom stereocenters. The molecule has 0 spiro atoms. The Morgan fingerprint density at radius 2 is 2.00 bits per heavy atom. The van der Waals surface area contributed by atoms with Gasteiger partial charge >= 0.3 is 0 Å². The van der Waals surface area contributed by atoms with Crippen LogP contribution in [0.25, 0.3) is 0 Å². The molecule has 35 heavy (non-hydrogen) atoms. The van der Waals surface area contributed by atoms with Crippen molar-refractivity contribution in [3.63, 3.8) is 0 Å². The molecule has 5 rings (SSSR count). The largest absolute Gasteiger partial charge is 0.491 e. The third-order valence-electron chi connectivity index (χ3n) is 6.43. The Hall–Kier alpha value is -2.75. The van der Waals surface area contributed by atoms with E-state index < -0.39 is 0 Å². The van der Waals surface area contributed by atoms with Gasteiger partial charge in [-0.05, 0) is 72.0 Å². The van der Waals surface area contributed by atoms with Crippen LogP contribution in [-0.4, -0.2) is 60.6 Å². The van der Waals surface area contributed by atoms with Crippen LogP contribution in [0.4, 0.5) is 4.39 Å². The standard InChI is InChI=1S/C26H27FN2O4S2/c27-18-5-7-19(8-6-18)33-17-22-21-10-14-35-23(21)9-11-29(22)25(30)16-28(15-20-3-1-12-32-20)26(31)24-4-2-13-34-24/h2,4-8,10,13-14,20,22H,1,3,9,11-12,15-17H2. The SMILES string of the molecule is O=C(c1cccs1)N(CC(=O)N1CCc2sccc2C1COc1ccc(F)cc1)CC1CCCO1. The summed E-state index contributed by atoms with van der Waals surface area (Å²) in [6.07, 6.45) is 2.58. The number of halogens is 1. The summed E-state index contributed by atoms with van der Waals surface area (Å²) in [5.74, 6) is -0.0311. The molecule has 0 aliphatic carbocycles. The highest BCUT2D eigenvalue weighted by Crippen LogP contribution is 2.34. The van der Waals surface area contributed by atoms with Gasteiger partial charge in [0.05, 0.1) is 17.0 Å². The Kier molecular flexibility index (Phi) is 7.46. The molecular formula is C26H27FN2O4S2. The second-order valence-corrected chi connectivity index (χ2v) is 10.7. The lowest BCUT2D eigenvalue weighted by Crippen LogP contribution is -2.49. The topological polar surface area (TPSA) is 59.1 Å². The van der Waals surface area contributed by atoms with Gasteiger partial charge < -0.3 is 19.3 Å². The van der Waals surface area contributed by atoms with Crippen LogP contribution in [-0.2, 0) is 16.0 Å². The zero-order valence-corrected chi connectivity index (χ0v) is 20.9. The second-order valence-electron chi connectivity index (χ2n) is 8.71. The number of hydrogen-bond donors (Lipinski definition) is 0. The molecule has 0 saturated carbocycles. The molecule has 2 aromatic heterocycles. The van der Waals surface area contributed by atoms with E-state index in [1.807, 2.05) is 27.8 Å². The fourth-order valence-corrected chi connectivity index (χ4v) is 6.26. The molecular weight excluding hydrogens is 487 g/mol. The van der Waals surface area contributed by atoms with Crippen LogP contribution in [0.5, 0.6) is 5.75 Å². The van der Waals surface area contributed by atoms with Crippen molar-refractivity contribution in [2.24, 2.45) is 0 Å². The van der Waals surface area contributed by atoms with Gasteiger partial charge in [-0.15, -0.1) is 22.7 Å². The minimum atomic E-state index is -0.325. The number of ether oxygens (including phenoxy) is 2. The molecule has 0 bridgehead atoms. The average Bonchev–Trinajstić information content (AvgIpc) is 3.65. The number of hydrogen-bond acceptors (Lipinski definition) is 6. The van der Waals surface area contributed by atoms with Crippen molar-refractivity contribution in [1.82, 2.24) is 9.80 Å². The molecule has 1 fully saturated rings. The predicted octanol–water partition coefficient (Wildman–Crippen LogP) is 4.77. The van der Waals surface area contributed by atoms with E-state index in [1.165, 1.54) is 28.3 Å². The number of carbonyl (C=O) groups excluding carboxylic acids is 2. The van der Waals surface area contributed by atoms with E-state index in [0.717, 1.165) is 24.8 Å². The van der Waals surface area contributed by atoms with E-state index in [1.54, 1.807) is 34.4 Å². The first-order chi connectivity index (χ1) is 17.1. The van der Waals surface area contributed by atoms with Crippen LogP contribution in [0.3, 0.4) is 0 Å².